The van der Waals surface area contributed by atoms with Crippen LogP contribution in [0.3, 0.4) is 0 Å². The molecule has 0 unspecified atom stereocenters. The van der Waals surface area contributed by atoms with Crippen molar-refractivity contribution in [1.29, 1.82) is 0 Å². The fourth-order valence-corrected chi connectivity index (χ4v) is 0.990. The summed E-state index contributed by atoms with van der Waals surface area (Å²) < 4.78 is 0. The summed E-state index contributed by atoms with van der Waals surface area (Å²) in [4.78, 5) is 24.7. The van der Waals surface area contributed by atoms with Gasteiger partial charge in [-0.2, -0.15) is 0 Å². The molecular formula is C14H19NO4. The molecule has 3 rings (SSSR count). The maximum atomic E-state index is 10.6. The number of carbonyl (C=O) groups is 2. The maximum absolute atomic E-state index is 10.6. The molecule has 0 aliphatic heterocycles. The Morgan fingerprint density at radius 2 is 1.47 bits per heavy atom. The van der Waals surface area contributed by atoms with Gasteiger partial charge in [0.05, 0.1) is 5.56 Å². The monoisotopic (exact) mass is 265 g/mol. The standard InChI is InChI=1S/C8H7NO4.2C3H6/c1-4-2-3-9-6(8(12)13)5(4)7(10)11;2*1-2-3-1/h2-3H,1H3,(H,10,11)(H,12,13);2*1-3H2. The summed E-state index contributed by atoms with van der Waals surface area (Å²) >= 11 is 0. The van der Waals surface area contributed by atoms with E-state index in [1.165, 1.54) is 57.7 Å². The zero-order valence-corrected chi connectivity index (χ0v) is 11.1. The van der Waals surface area contributed by atoms with Gasteiger partial charge in [-0.25, -0.2) is 14.6 Å². The number of hydrogen-bond donors (Lipinski definition) is 2. The van der Waals surface area contributed by atoms with E-state index < -0.39 is 17.6 Å². The molecule has 2 aliphatic carbocycles. The molecule has 2 aliphatic rings. The third kappa shape index (κ3) is 6.55. The third-order valence-electron chi connectivity index (χ3n) is 2.28. The molecule has 0 radical (unpaired) electrons. The number of aromatic carboxylic acids is 2. The minimum Gasteiger partial charge on any atom is -0.478 e. The molecule has 0 amide bonds. The van der Waals surface area contributed by atoms with Crippen LogP contribution in [0.15, 0.2) is 12.3 Å². The molecule has 19 heavy (non-hydrogen) atoms. The van der Waals surface area contributed by atoms with Gasteiger partial charge in [0.1, 0.15) is 0 Å². The number of aryl methyl sites for hydroxylation is 1. The lowest BCUT2D eigenvalue weighted by Crippen LogP contribution is -2.12. The Labute approximate surface area is 112 Å². The molecule has 2 N–H and O–H groups in total. The lowest BCUT2D eigenvalue weighted by molar-refractivity contribution is 0.0645. The lowest BCUT2D eigenvalue weighted by atomic mass is 10.1. The SMILES string of the molecule is C1CC1.C1CC1.Cc1ccnc(C(=O)O)c1C(=O)O. The summed E-state index contributed by atoms with van der Waals surface area (Å²) in [5.74, 6) is -2.61. The molecule has 0 atom stereocenters. The van der Waals surface area contributed by atoms with Crippen molar-refractivity contribution in [2.45, 2.75) is 45.4 Å². The Morgan fingerprint density at radius 1 is 1.00 bits per heavy atom. The number of rotatable bonds is 2. The largest absolute Gasteiger partial charge is 0.478 e. The summed E-state index contributed by atoms with van der Waals surface area (Å²) in [7, 11) is 0. The molecule has 1 aromatic rings. The van der Waals surface area contributed by atoms with E-state index >= 15 is 0 Å². The molecule has 2 saturated carbocycles. The summed E-state index contributed by atoms with van der Waals surface area (Å²) in [5, 5.41) is 17.3. The average molecular weight is 265 g/mol. The highest BCUT2D eigenvalue weighted by molar-refractivity contribution is 6.01. The molecule has 104 valence electrons. The number of pyridine rings is 1. The number of carboxylic acid groups (broad SMARTS) is 2. The first-order chi connectivity index (χ1) is 9.04. The minimum absolute atomic E-state index is 0.255. The third-order valence-corrected chi connectivity index (χ3v) is 2.28. The second-order valence-electron chi connectivity index (χ2n) is 4.58. The number of hydrogen-bond acceptors (Lipinski definition) is 3. The van der Waals surface area contributed by atoms with Gasteiger partial charge in [0.25, 0.3) is 0 Å². The van der Waals surface area contributed by atoms with Crippen LogP contribution in [0, 0.1) is 6.92 Å². The number of carboxylic acids is 2. The van der Waals surface area contributed by atoms with Crippen molar-refractivity contribution in [1.82, 2.24) is 4.98 Å². The quantitative estimate of drug-likeness (QED) is 0.857. The first-order valence-corrected chi connectivity index (χ1v) is 6.46. The van der Waals surface area contributed by atoms with Gasteiger partial charge >= 0.3 is 11.9 Å². The van der Waals surface area contributed by atoms with E-state index in [9.17, 15) is 9.59 Å². The van der Waals surface area contributed by atoms with E-state index in [1.54, 1.807) is 0 Å². The van der Waals surface area contributed by atoms with Gasteiger partial charge in [0.15, 0.2) is 5.69 Å². The molecule has 5 nitrogen and oxygen atoms in total. The van der Waals surface area contributed by atoms with Crippen LogP contribution < -0.4 is 0 Å². The summed E-state index contributed by atoms with van der Waals surface area (Å²) in [6, 6.07) is 1.45. The van der Waals surface area contributed by atoms with Gasteiger partial charge in [0.2, 0.25) is 0 Å². The van der Waals surface area contributed by atoms with Crippen molar-refractivity contribution in [3.05, 3.63) is 29.1 Å². The Bertz CT molecular complexity index is 441. The van der Waals surface area contributed by atoms with E-state index in [0.717, 1.165) is 0 Å². The van der Waals surface area contributed by atoms with Gasteiger partial charge in [-0.3, -0.25) is 0 Å². The Kier molecular flexibility index (Phi) is 5.99. The predicted octanol–water partition coefficient (Wildman–Crippen LogP) is 3.13. The molecule has 0 saturated heterocycles. The molecule has 2 fully saturated rings. The van der Waals surface area contributed by atoms with Crippen molar-refractivity contribution in [2.24, 2.45) is 0 Å². The van der Waals surface area contributed by atoms with Gasteiger partial charge in [-0.15, -0.1) is 0 Å². The molecule has 0 bridgehead atoms. The van der Waals surface area contributed by atoms with Crippen molar-refractivity contribution in [3.8, 4) is 0 Å². The van der Waals surface area contributed by atoms with Crippen LogP contribution in [0.4, 0.5) is 0 Å². The molecule has 1 aromatic heterocycles. The van der Waals surface area contributed by atoms with Crippen LogP contribution in [0.25, 0.3) is 0 Å². The van der Waals surface area contributed by atoms with Gasteiger partial charge in [0, 0.05) is 6.20 Å². The van der Waals surface area contributed by atoms with Crippen LogP contribution in [-0.4, -0.2) is 27.1 Å². The molecule has 0 aromatic carbocycles. The summed E-state index contributed by atoms with van der Waals surface area (Å²) in [5.41, 5.74) is -0.289. The molecule has 0 spiro atoms. The zero-order chi connectivity index (χ0) is 14.3. The van der Waals surface area contributed by atoms with E-state index in [4.69, 9.17) is 10.2 Å². The Morgan fingerprint density at radius 3 is 1.74 bits per heavy atom. The van der Waals surface area contributed by atoms with E-state index in [2.05, 4.69) is 4.98 Å². The molecule has 1 heterocycles. The number of aromatic nitrogens is 1. The van der Waals surface area contributed by atoms with Gasteiger partial charge < -0.3 is 10.2 Å². The van der Waals surface area contributed by atoms with Gasteiger partial charge in [-0.1, -0.05) is 38.5 Å². The Balaban J connectivity index is 0.000000241. The predicted molar refractivity (Wildman–Crippen MR) is 70.6 cm³/mol. The zero-order valence-electron chi connectivity index (χ0n) is 11.1. The fraction of sp³-hybridized carbons (Fsp3) is 0.500. The normalized spacial score (nSPS) is 14.2. The lowest BCUT2D eigenvalue weighted by Gasteiger charge is -2.02. The summed E-state index contributed by atoms with van der Waals surface area (Å²) in [6.45, 7) is 1.53. The van der Waals surface area contributed by atoms with Gasteiger partial charge in [-0.05, 0) is 18.6 Å². The van der Waals surface area contributed by atoms with Crippen LogP contribution >= 0.6 is 0 Å². The number of nitrogens with zero attached hydrogens (tertiary/aromatic N) is 1. The van der Waals surface area contributed by atoms with E-state index in [-0.39, 0.29) is 5.56 Å². The summed E-state index contributed by atoms with van der Waals surface area (Å²) in [6.07, 6.45) is 10.3. The Hall–Kier alpha value is -1.91. The van der Waals surface area contributed by atoms with E-state index in [0.29, 0.717) is 5.56 Å². The van der Waals surface area contributed by atoms with Crippen molar-refractivity contribution >= 4 is 11.9 Å². The van der Waals surface area contributed by atoms with Crippen LogP contribution in [0.2, 0.25) is 0 Å². The highest BCUT2D eigenvalue weighted by Crippen LogP contribution is 2.15. The van der Waals surface area contributed by atoms with Crippen molar-refractivity contribution < 1.29 is 19.8 Å². The maximum Gasteiger partial charge on any atom is 0.355 e. The highest BCUT2D eigenvalue weighted by Gasteiger charge is 2.18. The first-order valence-electron chi connectivity index (χ1n) is 6.46. The van der Waals surface area contributed by atoms with Crippen molar-refractivity contribution in [2.75, 3.05) is 0 Å². The highest BCUT2D eigenvalue weighted by atomic mass is 16.4. The second-order valence-corrected chi connectivity index (χ2v) is 4.58. The van der Waals surface area contributed by atoms with E-state index in [1.807, 2.05) is 0 Å². The van der Waals surface area contributed by atoms with Crippen LogP contribution in [0.1, 0.15) is 64.9 Å². The smallest absolute Gasteiger partial charge is 0.355 e. The first kappa shape index (κ1) is 15.1. The van der Waals surface area contributed by atoms with Crippen LogP contribution in [-0.2, 0) is 0 Å². The van der Waals surface area contributed by atoms with Crippen molar-refractivity contribution in [3.63, 3.8) is 0 Å². The van der Waals surface area contributed by atoms with Crippen LogP contribution in [0.5, 0.6) is 0 Å². The topological polar surface area (TPSA) is 87.5 Å². The second kappa shape index (κ2) is 7.51. The molecular weight excluding hydrogens is 246 g/mol. The molecule has 5 heteroatoms. The minimum atomic E-state index is -1.33. The fourth-order valence-electron chi connectivity index (χ4n) is 0.990. The average Bonchev–Trinajstić information content (AvgIpc) is 3.23.